The Morgan fingerprint density at radius 1 is 0.188 bits per heavy atom. The molecule has 0 atom stereocenters. The molecule has 2 aliphatic heterocycles. The zero-order valence-corrected chi connectivity index (χ0v) is 54.7. The maximum Gasteiger partial charge on any atom is 0.171 e. The molecule has 2 N–H and O–H groups in total. The number of benzene rings is 12. The summed E-state index contributed by atoms with van der Waals surface area (Å²) in [5.74, 6) is 1.13. The van der Waals surface area contributed by atoms with Gasteiger partial charge in [-0.2, -0.15) is 0 Å². The molecule has 0 radical (unpaired) electrons. The quantitative estimate of drug-likeness (QED) is 0.112. The number of H-pyrrole nitrogens is 2. The summed E-state index contributed by atoms with van der Waals surface area (Å²) in [7, 11) is -14.2. The number of fused-ring (bicyclic) bond motifs is 20. The van der Waals surface area contributed by atoms with E-state index in [9.17, 15) is 0 Å². The molecule has 12 nitrogen and oxygen atoms in total. The highest BCUT2D eigenvalue weighted by Crippen LogP contribution is 2.49. The molecule has 16 heteroatoms. The Kier molecular flexibility index (Phi) is 14.3. The normalized spacial score (nSPS) is 12.3. The van der Waals surface area contributed by atoms with Crippen molar-refractivity contribution in [1.82, 2.24) is 39.9 Å². The molecule has 0 fully saturated rings. The Morgan fingerprint density at radius 3 is 0.646 bits per heavy atom. The first-order chi connectivity index (χ1) is 47.1. The van der Waals surface area contributed by atoms with E-state index < -0.39 is 28.6 Å². The lowest BCUT2D eigenvalue weighted by Gasteiger charge is -2.20. The lowest BCUT2D eigenvalue weighted by Crippen LogP contribution is -2.25. The van der Waals surface area contributed by atoms with Gasteiger partial charge < -0.3 is 28.2 Å². The van der Waals surface area contributed by atoms with Crippen LogP contribution in [0.4, 0.5) is 0 Å². The van der Waals surface area contributed by atoms with Crippen LogP contribution in [0.25, 0.3) is 89.7 Å². The van der Waals surface area contributed by atoms with Crippen LogP contribution >= 0.6 is 28.6 Å². The minimum absolute atomic E-state index is 0.274. The van der Waals surface area contributed by atoms with Gasteiger partial charge in [-0.05, 0) is 48.5 Å². The summed E-state index contributed by atoms with van der Waals surface area (Å²) in [6.45, 7) is 0. The van der Waals surface area contributed by atoms with Crippen LogP contribution in [-0.4, -0.2) is 39.9 Å². The van der Waals surface area contributed by atoms with Crippen molar-refractivity contribution in [2.75, 3.05) is 0 Å². The van der Waals surface area contributed by atoms with Crippen molar-refractivity contribution in [2.45, 2.75) is 0 Å². The van der Waals surface area contributed by atoms with Crippen molar-refractivity contribution in [3.63, 3.8) is 0 Å². The summed E-state index contributed by atoms with van der Waals surface area (Å²) >= 11 is 0. The van der Waals surface area contributed by atoms with Crippen molar-refractivity contribution in [3.8, 4) is 45.6 Å². The molecule has 0 aliphatic carbocycles. The summed E-state index contributed by atoms with van der Waals surface area (Å²) in [5.41, 5.74) is 3.86. The van der Waals surface area contributed by atoms with Gasteiger partial charge in [-0.25, -0.2) is 29.9 Å². The third kappa shape index (κ3) is 9.59. The molecule has 12 aromatic carbocycles. The molecule has 458 valence electrons. The molecule has 5 heterocycles. The first-order valence-electron chi connectivity index (χ1n) is 31.3. The van der Waals surface area contributed by atoms with E-state index in [0.29, 0.717) is 142 Å². The molecular formula is C80H54N8O4P4. The average Bonchev–Trinajstić information content (AvgIpc) is 1.63. The number of aromatic nitrogens is 8. The van der Waals surface area contributed by atoms with Gasteiger partial charge in [-0.1, -0.05) is 267 Å². The number of rotatable bonds is 12. The van der Waals surface area contributed by atoms with E-state index in [2.05, 4.69) is 9.97 Å². The minimum Gasteiger partial charge on any atom is -0.324 e. The summed E-state index contributed by atoms with van der Waals surface area (Å²) in [6, 6.07) is 99.2. The Morgan fingerprint density at radius 2 is 0.396 bits per heavy atom. The maximum absolute atomic E-state index is 16.3. The number of hydrogen-bond acceptors (Lipinski definition) is 10. The van der Waals surface area contributed by atoms with E-state index in [1.165, 1.54) is 0 Å². The molecule has 15 aromatic rings. The van der Waals surface area contributed by atoms with E-state index in [4.69, 9.17) is 29.9 Å². The zero-order chi connectivity index (χ0) is 64.6. The monoisotopic (exact) mass is 1310 g/mol. The maximum atomic E-state index is 16.3. The smallest absolute Gasteiger partial charge is 0.171 e. The largest absolute Gasteiger partial charge is 0.324 e. The molecule has 0 saturated carbocycles. The summed E-state index contributed by atoms with van der Waals surface area (Å²) < 4.78 is 65.1. The highest BCUT2D eigenvalue weighted by molar-refractivity contribution is 7.86. The SMILES string of the molecule is O=P(c1ccccc1)(c1ccccc1)c1ccc2c(c1)-c1nc-2nc2[nH]c(nc3nc(nc4[nH]c(n1)c1ccc(P(=O)(c5ccccc5)c5ccccc5)cc41)-c1ccc(P(=O)(c4ccccc4)c4ccccc4)cc1-3)c1ccc(P(=O)(c3ccccc3)c3ccccc3)cc21. The molecule has 96 heavy (non-hydrogen) atoms. The van der Waals surface area contributed by atoms with Crippen LogP contribution in [0.2, 0.25) is 0 Å². The number of nitrogens with one attached hydrogen (secondary N) is 2. The zero-order valence-electron chi connectivity index (χ0n) is 51.1. The fraction of sp³-hybridized carbons (Fsp3) is 0. The minimum atomic E-state index is -3.56. The topological polar surface area (TPSA) is 177 Å². The summed E-state index contributed by atoms with van der Waals surface area (Å²) in [5, 5.41) is 10.0. The van der Waals surface area contributed by atoms with E-state index in [0.717, 1.165) is 0 Å². The summed E-state index contributed by atoms with van der Waals surface area (Å²) in [6.07, 6.45) is 0. The second-order valence-electron chi connectivity index (χ2n) is 23.7. The van der Waals surface area contributed by atoms with Gasteiger partial charge in [0.25, 0.3) is 0 Å². The Hall–Kier alpha value is -11.1. The van der Waals surface area contributed by atoms with Crippen molar-refractivity contribution < 1.29 is 18.3 Å². The van der Waals surface area contributed by atoms with Crippen molar-refractivity contribution in [2.24, 2.45) is 0 Å². The fourth-order valence-electron chi connectivity index (χ4n) is 13.4. The third-order valence-corrected chi connectivity index (χ3v) is 30.4. The van der Waals surface area contributed by atoms with E-state index in [1.54, 1.807) is 0 Å². The molecule has 0 unspecified atom stereocenters. The van der Waals surface area contributed by atoms with Crippen LogP contribution in [0.5, 0.6) is 0 Å². The highest BCUT2D eigenvalue weighted by atomic mass is 31.2. The van der Waals surface area contributed by atoms with Crippen LogP contribution in [0.3, 0.4) is 0 Å². The van der Waals surface area contributed by atoms with Crippen LogP contribution < -0.4 is 63.7 Å². The van der Waals surface area contributed by atoms with Gasteiger partial charge in [-0.3, -0.25) is 0 Å². The lowest BCUT2D eigenvalue weighted by atomic mass is 10.1. The Labute approximate surface area is 552 Å². The Balaban J connectivity index is 0.989. The Bertz CT molecular complexity index is 5430. The van der Waals surface area contributed by atoms with Gasteiger partial charge >= 0.3 is 0 Å². The van der Waals surface area contributed by atoms with Gasteiger partial charge in [0, 0.05) is 107 Å². The summed E-state index contributed by atoms with van der Waals surface area (Å²) in [4.78, 5) is 39.8. The van der Waals surface area contributed by atoms with Gasteiger partial charge in [0.2, 0.25) is 0 Å². The first-order valence-corrected chi connectivity index (χ1v) is 38.2. The molecule has 0 amide bonds. The number of aromatic amines is 2. The second kappa shape index (κ2) is 23.4. The van der Waals surface area contributed by atoms with Crippen LogP contribution in [0.1, 0.15) is 0 Å². The first kappa shape index (κ1) is 58.7. The molecule has 17 rings (SSSR count). The number of nitrogens with zero attached hydrogens (tertiary/aromatic N) is 6. The lowest BCUT2D eigenvalue weighted by molar-refractivity contribution is 0.591. The van der Waals surface area contributed by atoms with Crippen LogP contribution in [0, 0.1) is 0 Å². The molecule has 3 aromatic heterocycles. The van der Waals surface area contributed by atoms with Gasteiger partial charge in [-0.15, -0.1) is 0 Å². The van der Waals surface area contributed by atoms with Gasteiger partial charge in [0.05, 0.1) is 0 Å². The number of hydrogen-bond donors (Lipinski definition) is 2. The highest BCUT2D eigenvalue weighted by Gasteiger charge is 2.36. The third-order valence-electron chi connectivity index (χ3n) is 18.2. The molecule has 2 aliphatic rings. The van der Waals surface area contributed by atoms with Crippen molar-refractivity contribution >= 4 is 136 Å². The van der Waals surface area contributed by atoms with Gasteiger partial charge in [0.1, 0.15) is 22.6 Å². The molecular weight excluding hydrogens is 1260 g/mol. The van der Waals surface area contributed by atoms with Crippen molar-refractivity contribution in [1.29, 1.82) is 0 Å². The van der Waals surface area contributed by atoms with E-state index >= 15 is 18.3 Å². The van der Waals surface area contributed by atoms with Gasteiger partial charge in [0.15, 0.2) is 51.9 Å². The van der Waals surface area contributed by atoms with Crippen molar-refractivity contribution in [3.05, 3.63) is 315 Å². The fourth-order valence-corrected chi connectivity index (χ4v) is 24.1. The molecule has 0 saturated heterocycles. The van der Waals surface area contributed by atoms with E-state index in [1.807, 2.05) is 315 Å². The van der Waals surface area contributed by atoms with E-state index in [-0.39, 0.29) is 11.6 Å². The molecule has 0 spiro atoms. The second-order valence-corrected chi connectivity index (χ2v) is 34.7. The predicted molar refractivity (Wildman–Crippen MR) is 394 cm³/mol. The van der Waals surface area contributed by atoms with Crippen LogP contribution in [-0.2, 0) is 18.3 Å². The standard InChI is InChI=1S/C80H54N8O4P4/c89-93(53-25-9-1-10-26-53,54-27-11-2-12-28-54)61-41-45-65-69(49-61)77-81-73(65)86-78-71-51-63(95(91,57-33-17-5-18-34-57)58-35-19-6-20-36-58)43-47-67(71)75(83-78)88-80-72-52-64(96(92,59-37-21-7-22-38-59)60-39-23-8-24-40-60)44-48-68(72)76(84-80)87-79-70-50-62(42-46-66(70)74(82-79)85-77)94(90,55-29-13-3-14-30-55)56-31-15-4-16-32-56/h1-52H,(H2,81,82,83,84,85,86,87,88). The average molecular weight is 1320 g/mol. The predicted octanol–water partition coefficient (Wildman–Crippen LogP) is 13.4. The molecule has 8 bridgehead atoms. The van der Waals surface area contributed by atoms with Crippen LogP contribution in [0.15, 0.2) is 315 Å².